The Labute approximate surface area is 91.8 Å². The van der Waals surface area contributed by atoms with Crippen LogP contribution in [-0.2, 0) is 9.53 Å². The maximum atomic E-state index is 11.4. The smallest absolute Gasteiger partial charge is 0.233 e. The monoisotopic (exact) mass is 214 g/mol. The Kier molecular flexibility index (Phi) is 5.05. The van der Waals surface area contributed by atoms with Crippen molar-refractivity contribution in [3.8, 4) is 0 Å². The number of hydrogen-bond acceptors (Lipinski definition) is 3. The summed E-state index contributed by atoms with van der Waals surface area (Å²) in [6.45, 7) is 8.15. The van der Waals surface area contributed by atoms with Crippen molar-refractivity contribution >= 4 is 5.91 Å². The molecule has 0 radical (unpaired) electrons. The maximum absolute atomic E-state index is 11.4. The Bertz CT molecular complexity index is 207. The quantitative estimate of drug-likeness (QED) is 0.701. The van der Waals surface area contributed by atoms with Crippen molar-refractivity contribution < 1.29 is 9.53 Å². The van der Waals surface area contributed by atoms with Gasteiger partial charge < -0.3 is 15.4 Å². The third kappa shape index (κ3) is 4.62. The van der Waals surface area contributed by atoms with Gasteiger partial charge in [-0.05, 0) is 19.3 Å². The van der Waals surface area contributed by atoms with E-state index in [0.29, 0.717) is 18.5 Å². The average molecular weight is 214 g/mol. The van der Waals surface area contributed by atoms with E-state index >= 15 is 0 Å². The van der Waals surface area contributed by atoms with Gasteiger partial charge in [-0.1, -0.05) is 13.8 Å². The summed E-state index contributed by atoms with van der Waals surface area (Å²) in [4.78, 5) is 11.4. The molecule has 1 amide bonds. The van der Waals surface area contributed by atoms with E-state index in [1.807, 2.05) is 6.92 Å². The Morgan fingerprint density at radius 1 is 1.53 bits per heavy atom. The molecule has 88 valence electrons. The lowest BCUT2D eigenvalue weighted by molar-refractivity contribution is -0.120. The molecule has 1 rings (SSSR count). The third-order valence-corrected chi connectivity index (χ3v) is 2.61. The van der Waals surface area contributed by atoms with Crippen molar-refractivity contribution in [2.45, 2.75) is 39.3 Å². The second-order valence-electron chi connectivity index (χ2n) is 4.55. The maximum Gasteiger partial charge on any atom is 0.233 e. The molecule has 0 saturated carbocycles. The first-order valence-corrected chi connectivity index (χ1v) is 5.71. The Morgan fingerprint density at radius 2 is 2.27 bits per heavy atom. The van der Waals surface area contributed by atoms with Gasteiger partial charge in [-0.15, -0.1) is 0 Å². The highest BCUT2D eigenvalue weighted by atomic mass is 16.5. The second-order valence-corrected chi connectivity index (χ2v) is 4.55. The highest BCUT2D eigenvalue weighted by Crippen LogP contribution is 2.11. The molecule has 4 nitrogen and oxygen atoms in total. The molecule has 0 aliphatic carbocycles. The molecule has 0 bridgehead atoms. The van der Waals surface area contributed by atoms with Gasteiger partial charge in [0.15, 0.2) is 0 Å². The minimum Gasteiger partial charge on any atom is -0.377 e. The number of ether oxygens (including phenoxy) is 1. The Balaban J connectivity index is 2.11. The molecule has 0 aromatic rings. The van der Waals surface area contributed by atoms with E-state index in [2.05, 4.69) is 24.5 Å². The standard InChI is InChI=1S/C11H22N2O2/c1-8(2)6-13-11(14)7-12-10-4-5-15-9(10)3/h8-10,12H,4-7H2,1-3H3,(H,13,14). The molecule has 2 N–H and O–H groups in total. The van der Waals surface area contributed by atoms with Crippen LogP contribution >= 0.6 is 0 Å². The number of rotatable bonds is 5. The molecule has 0 aromatic carbocycles. The van der Waals surface area contributed by atoms with Crippen LogP contribution < -0.4 is 10.6 Å². The summed E-state index contributed by atoms with van der Waals surface area (Å²) < 4.78 is 5.40. The molecule has 0 aromatic heterocycles. The van der Waals surface area contributed by atoms with Crippen LogP contribution in [0.4, 0.5) is 0 Å². The molecular weight excluding hydrogens is 192 g/mol. The lowest BCUT2D eigenvalue weighted by Gasteiger charge is -2.16. The minimum atomic E-state index is 0.0720. The number of nitrogens with one attached hydrogen (secondary N) is 2. The van der Waals surface area contributed by atoms with E-state index in [4.69, 9.17) is 4.74 Å². The molecule has 1 aliphatic heterocycles. The lowest BCUT2D eigenvalue weighted by atomic mass is 10.1. The topological polar surface area (TPSA) is 50.4 Å². The predicted molar refractivity (Wildman–Crippen MR) is 59.7 cm³/mol. The fraction of sp³-hybridized carbons (Fsp3) is 0.909. The molecule has 4 heteroatoms. The summed E-state index contributed by atoms with van der Waals surface area (Å²) in [5.41, 5.74) is 0. The van der Waals surface area contributed by atoms with Crippen LogP contribution in [0.25, 0.3) is 0 Å². The van der Waals surface area contributed by atoms with Gasteiger partial charge in [-0.25, -0.2) is 0 Å². The molecule has 2 atom stereocenters. The Morgan fingerprint density at radius 3 is 2.80 bits per heavy atom. The first-order chi connectivity index (χ1) is 7.09. The molecule has 1 fully saturated rings. The van der Waals surface area contributed by atoms with Gasteiger partial charge in [0.1, 0.15) is 0 Å². The predicted octanol–water partition coefficient (Wildman–Crippen LogP) is 0.526. The highest BCUT2D eigenvalue weighted by molar-refractivity contribution is 5.78. The van der Waals surface area contributed by atoms with Gasteiger partial charge in [0, 0.05) is 19.2 Å². The first-order valence-electron chi connectivity index (χ1n) is 5.71. The van der Waals surface area contributed by atoms with E-state index in [9.17, 15) is 4.79 Å². The van der Waals surface area contributed by atoms with E-state index in [1.165, 1.54) is 0 Å². The van der Waals surface area contributed by atoms with Crippen molar-refractivity contribution in [2.24, 2.45) is 5.92 Å². The molecule has 1 aliphatic rings. The Hall–Kier alpha value is -0.610. The van der Waals surface area contributed by atoms with E-state index < -0.39 is 0 Å². The van der Waals surface area contributed by atoms with Gasteiger partial charge in [-0.2, -0.15) is 0 Å². The van der Waals surface area contributed by atoms with Crippen LogP contribution in [-0.4, -0.2) is 37.7 Å². The highest BCUT2D eigenvalue weighted by Gasteiger charge is 2.23. The van der Waals surface area contributed by atoms with Crippen LogP contribution in [0.5, 0.6) is 0 Å². The van der Waals surface area contributed by atoms with Gasteiger partial charge in [0.2, 0.25) is 5.91 Å². The first kappa shape index (κ1) is 12.5. The largest absolute Gasteiger partial charge is 0.377 e. The number of hydrogen-bond donors (Lipinski definition) is 2. The fourth-order valence-electron chi connectivity index (χ4n) is 1.60. The van der Waals surface area contributed by atoms with Crippen molar-refractivity contribution in [1.82, 2.24) is 10.6 Å². The molecule has 1 saturated heterocycles. The van der Waals surface area contributed by atoms with Crippen molar-refractivity contribution in [1.29, 1.82) is 0 Å². The van der Waals surface area contributed by atoms with Gasteiger partial charge >= 0.3 is 0 Å². The number of amides is 1. The zero-order valence-electron chi connectivity index (χ0n) is 9.88. The zero-order chi connectivity index (χ0) is 11.3. The number of carbonyl (C=O) groups is 1. The lowest BCUT2D eigenvalue weighted by Crippen LogP contribution is -2.42. The van der Waals surface area contributed by atoms with Crippen molar-refractivity contribution in [3.05, 3.63) is 0 Å². The van der Waals surface area contributed by atoms with Crippen molar-refractivity contribution in [2.75, 3.05) is 19.7 Å². The molecular formula is C11H22N2O2. The van der Waals surface area contributed by atoms with Gasteiger partial charge in [0.25, 0.3) is 0 Å². The molecule has 15 heavy (non-hydrogen) atoms. The van der Waals surface area contributed by atoms with Crippen molar-refractivity contribution in [3.63, 3.8) is 0 Å². The molecule has 0 spiro atoms. The normalized spacial score (nSPS) is 25.9. The van der Waals surface area contributed by atoms with Crippen LogP contribution in [0, 0.1) is 5.92 Å². The minimum absolute atomic E-state index is 0.0720. The van der Waals surface area contributed by atoms with E-state index in [1.54, 1.807) is 0 Å². The van der Waals surface area contributed by atoms with E-state index in [-0.39, 0.29) is 12.0 Å². The van der Waals surface area contributed by atoms with Crippen LogP contribution in [0.2, 0.25) is 0 Å². The van der Waals surface area contributed by atoms with Gasteiger partial charge in [-0.3, -0.25) is 4.79 Å². The summed E-state index contributed by atoms with van der Waals surface area (Å²) in [6, 6.07) is 0.329. The third-order valence-electron chi connectivity index (χ3n) is 2.61. The summed E-state index contributed by atoms with van der Waals surface area (Å²) >= 11 is 0. The second kappa shape index (κ2) is 6.08. The molecule has 1 heterocycles. The summed E-state index contributed by atoms with van der Waals surface area (Å²) in [6.07, 6.45) is 1.22. The molecule has 2 unspecified atom stereocenters. The summed E-state index contributed by atoms with van der Waals surface area (Å²) in [7, 11) is 0. The van der Waals surface area contributed by atoms with Crippen LogP contribution in [0.3, 0.4) is 0 Å². The van der Waals surface area contributed by atoms with Crippen LogP contribution in [0.1, 0.15) is 27.2 Å². The van der Waals surface area contributed by atoms with Gasteiger partial charge in [0.05, 0.1) is 12.6 Å². The van der Waals surface area contributed by atoms with E-state index in [0.717, 1.165) is 19.6 Å². The van der Waals surface area contributed by atoms with Crippen LogP contribution in [0.15, 0.2) is 0 Å². The summed E-state index contributed by atoms with van der Waals surface area (Å²) in [5, 5.41) is 6.10. The fourth-order valence-corrected chi connectivity index (χ4v) is 1.60. The average Bonchev–Trinajstić information content (AvgIpc) is 2.58. The zero-order valence-corrected chi connectivity index (χ0v) is 9.88. The SMILES string of the molecule is CC(C)CNC(=O)CNC1CCOC1C. The number of carbonyl (C=O) groups excluding carboxylic acids is 1. The summed E-state index contributed by atoms with van der Waals surface area (Å²) in [5.74, 6) is 0.575.